The highest BCUT2D eigenvalue weighted by molar-refractivity contribution is 7.98. The van der Waals surface area contributed by atoms with E-state index in [1.165, 1.54) is 0 Å². The van der Waals surface area contributed by atoms with Crippen LogP contribution in [0.25, 0.3) is 6.08 Å². The van der Waals surface area contributed by atoms with Gasteiger partial charge in [-0.05, 0) is 24.6 Å². The minimum atomic E-state index is -0.407. The van der Waals surface area contributed by atoms with Gasteiger partial charge in [-0.2, -0.15) is 0 Å². The molecular weight excluding hydrogens is 232 g/mol. The van der Waals surface area contributed by atoms with Crippen molar-refractivity contribution in [1.29, 1.82) is 0 Å². The Hall–Kier alpha value is -0.190. The van der Waals surface area contributed by atoms with E-state index in [1.54, 1.807) is 0 Å². The molecule has 0 N–H and O–H groups in total. The van der Waals surface area contributed by atoms with Crippen molar-refractivity contribution in [2.24, 2.45) is 0 Å². The molecule has 0 bridgehead atoms. The standard InChI is InChI=1S/C10H12OS3/c1-2-3-7-4-5-8(6-9(7)12)11-10(13)14/h2-6,10,12-14H,1H3. The lowest BCUT2D eigenvalue weighted by Gasteiger charge is -2.09. The number of hydrogen-bond acceptors (Lipinski definition) is 4. The second kappa shape index (κ2) is 5.63. The Morgan fingerprint density at radius 3 is 2.57 bits per heavy atom. The Labute approximate surface area is 101 Å². The van der Waals surface area contributed by atoms with Gasteiger partial charge in [0.15, 0.2) is 4.77 Å². The Morgan fingerprint density at radius 1 is 1.36 bits per heavy atom. The molecule has 0 unspecified atom stereocenters. The third-order valence-electron chi connectivity index (χ3n) is 1.59. The van der Waals surface area contributed by atoms with Crippen LogP contribution in [0.3, 0.4) is 0 Å². The highest BCUT2D eigenvalue weighted by Gasteiger charge is 2.01. The second-order valence-corrected chi connectivity index (χ2v) is 4.49. The summed E-state index contributed by atoms with van der Waals surface area (Å²) < 4.78 is 4.88. The van der Waals surface area contributed by atoms with E-state index in [4.69, 9.17) is 4.74 Å². The minimum absolute atomic E-state index is 0.407. The van der Waals surface area contributed by atoms with Crippen LogP contribution in [-0.2, 0) is 0 Å². The number of thiol groups is 3. The predicted molar refractivity (Wildman–Crippen MR) is 70.8 cm³/mol. The van der Waals surface area contributed by atoms with Gasteiger partial charge < -0.3 is 4.74 Å². The van der Waals surface area contributed by atoms with Gasteiger partial charge in [-0.25, -0.2) is 0 Å². The molecule has 1 aromatic carbocycles. The number of ether oxygens (including phenoxy) is 1. The first-order valence-electron chi connectivity index (χ1n) is 4.12. The number of benzene rings is 1. The van der Waals surface area contributed by atoms with Gasteiger partial charge in [0, 0.05) is 4.90 Å². The monoisotopic (exact) mass is 244 g/mol. The van der Waals surface area contributed by atoms with E-state index in [2.05, 4.69) is 37.9 Å². The molecule has 0 saturated heterocycles. The zero-order valence-corrected chi connectivity index (χ0v) is 10.4. The van der Waals surface area contributed by atoms with Gasteiger partial charge >= 0.3 is 0 Å². The molecule has 0 radical (unpaired) electrons. The Bertz CT molecular complexity index is 334. The quantitative estimate of drug-likeness (QED) is 0.544. The van der Waals surface area contributed by atoms with Gasteiger partial charge in [-0.1, -0.05) is 18.2 Å². The second-order valence-electron chi connectivity index (χ2n) is 2.66. The topological polar surface area (TPSA) is 9.23 Å². The number of rotatable bonds is 3. The van der Waals surface area contributed by atoms with E-state index in [0.717, 1.165) is 16.2 Å². The third-order valence-corrected chi connectivity index (χ3v) is 2.19. The van der Waals surface area contributed by atoms with E-state index in [-0.39, 0.29) is 0 Å². The lowest BCUT2D eigenvalue weighted by Crippen LogP contribution is -1.99. The molecule has 0 aliphatic rings. The van der Waals surface area contributed by atoms with Crippen LogP contribution in [0.1, 0.15) is 12.5 Å². The summed E-state index contributed by atoms with van der Waals surface area (Å²) in [5, 5.41) is 0. The molecule has 0 amide bonds. The van der Waals surface area contributed by atoms with Crippen molar-refractivity contribution in [2.75, 3.05) is 0 Å². The number of allylic oxidation sites excluding steroid dienone is 1. The molecule has 0 atom stereocenters. The maximum atomic E-state index is 5.28. The largest absolute Gasteiger partial charge is 0.470 e. The van der Waals surface area contributed by atoms with E-state index in [9.17, 15) is 0 Å². The molecule has 1 aromatic rings. The summed E-state index contributed by atoms with van der Waals surface area (Å²) in [5.41, 5.74) is 1.07. The van der Waals surface area contributed by atoms with Crippen LogP contribution in [0.4, 0.5) is 0 Å². The minimum Gasteiger partial charge on any atom is -0.470 e. The zero-order chi connectivity index (χ0) is 10.6. The first-order valence-corrected chi connectivity index (χ1v) is 5.60. The molecule has 0 aliphatic heterocycles. The molecule has 76 valence electrons. The molecule has 1 nitrogen and oxygen atoms in total. The lowest BCUT2D eigenvalue weighted by atomic mass is 10.2. The van der Waals surface area contributed by atoms with Crippen molar-refractivity contribution in [3.63, 3.8) is 0 Å². The van der Waals surface area contributed by atoms with Gasteiger partial charge in [-0.3, -0.25) is 0 Å². The molecule has 0 spiro atoms. The van der Waals surface area contributed by atoms with Crippen molar-refractivity contribution >= 4 is 44.0 Å². The molecule has 0 aliphatic carbocycles. The van der Waals surface area contributed by atoms with Crippen molar-refractivity contribution in [3.8, 4) is 5.75 Å². The SMILES string of the molecule is CC=Cc1ccc(OC(S)S)cc1S. The summed E-state index contributed by atoms with van der Waals surface area (Å²) in [6.07, 6.45) is 3.96. The summed E-state index contributed by atoms with van der Waals surface area (Å²) in [6, 6.07) is 5.66. The van der Waals surface area contributed by atoms with E-state index in [0.29, 0.717) is 0 Å². The Balaban J connectivity index is 2.88. The fourth-order valence-corrected chi connectivity index (χ4v) is 1.56. The molecule has 0 heterocycles. The van der Waals surface area contributed by atoms with Crippen LogP contribution >= 0.6 is 37.9 Å². The average Bonchev–Trinajstić information content (AvgIpc) is 2.09. The molecule has 1 rings (SSSR count). The van der Waals surface area contributed by atoms with Gasteiger partial charge in [0.2, 0.25) is 0 Å². The first kappa shape index (κ1) is 11.9. The highest BCUT2D eigenvalue weighted by Crippen LogP contribution is 2.23. The molecular formula is C10H12OS3. The lowest BCUT2D eigenvalue weighted by molar-refractivity contribution is 0.368. The zero-order valence-electron chi connectivity index (χ0n) is 7.71. The summed E-state index contributed by atoms with van der Waals surface area (Å²) >= 11 is 12.4. The molecule has 0 saturated carbocycles. The van der Waals surface area contributed by atoms with E-state index in [1.807, 2.05) is 37.3 Å². The predicted octanol–water partition coefficient (Wildman–Crippen LogP) is 3.53. The van der Waals surface area contributed by atoms with Crippen LogP contribution in [0.2, 0.25) is 0 Å². The summed E-state index contributed by atoms with van der Waals surface area (Å²) in [7, 11) is 0. The van der Waals surface area contributed by atoms with Crippen molar-refractivity contribution in [3.05, 3.63) is 29.8 Å². The van der Waals surface area contributed by atoms with Crippen molar-refractivity contribution in [2.45, 2.75) is 16.6 Å². The smallest absolute Gasteiger partial charge is 0.185 e. The maximum Gasteiger partial charge on any atom is 0.185 e. The molecule has 0 fully saturated rings. The Morgan fingerprint density at radius 2 is 2.07 bits per heavy atom. The fraction of sp³-hybridized carbons (Fsp3) is 0.200. The normalized spacial score (nSPS) is 11.2. The summed E-state index contributed by atoms with van der Waals surface area (Å²) in [5.74, 6) is 0.721. The van der Waals surface area contributed by atoms with E-state index >= 15 is 0 Å². The maximum absolute atomic E-state index is 5.28. The van der Waals surface area contributed by atoms with Gasteiger partial charge in [0.05, 0.1) is 0 Å². The van der Waals surface area contributed by atoms with Crippen LogP contribution in [-0.4, -0.2) is 4.77 Å². The van der Waals surface area contributed by atoms with Crippen LogP contribution in [0.5, 0.6) is 5.75 Å². The van der Waals surface area contributed by atoms with Crippen LogP contribution in [0.15, 0.2) is 29.2 Å². The molecule has 0 aromatic heterocycles. The van der Waals surface area contributed by atoms with Gasteiger partial charge in [-0.15, -0.1) is 37.9 Å². The molecule has 14 heavy (non-hydrogen) atoms. The first-order chi connectivity index (χ1) is 6.63. The fourth-order valence-electron chi connectivity index (χ4n) is 1.04. The van der Waals surface area contributed by atoms with Crippen LogP contribution < -0.4 is 4.74 Å². The average molecular weight is 244 g/mol. The molecule has 4 heteroatoms. The summed E-state index contributed by atoms with van der Waals surface area (Å²) in [4.78, 5) is 0.878. The van der Waals surface area contributed by atoms with Gasteiger partial charge in [0.1, 0.15) is 5.75 Å². The van der Waals surface area contributed by atoms with E-state index < -0.39 is 4.77 Å². The third kappa shape index (κ3) is 3.52. The van der Waals surface area contributed by atoms with Gasteiger partial charge in [0.25, 0.3) is 0 Å². The van der Waals surface area contributed by atoms with Crippen LogP contribution in [0, 0.1) is 0 Å². The Kier molecular flexibility index (Phi) is 4.78. The van der Waals surface area contributed by atoms with Crippen molar-refractivity contribution < 1.29 is 4.74 Å². The summed E-state index contributed by atoms with van der Waals surface area (Å²) in [6.45, 7) is 1.97. The number of hydrogen-bond donors (Lipinski definition) is 3. The highest BCUT2D eigenvalue weighted by atomic mass is 32.2. The van der Waals surface area contributed by atoms with Crippen molar-refractivity contribution in [1.82, 2.24) is 0 Å².